The van der Waals surface area contributed by atoms with Crippen LogP contribution < -0.4 is 4.90 Å². The number of carboxylic acids is 1. The zero-order valence-corrected chi connectivity index (χ0v) is 10.6. The van der Waals surface area contributed by atoms with E-state index >= 15 is 0 Å². The molecular formula is C13H15N3O3. The minimum Gasteiger partial charge on any atom is -0.475 e. The number of aromatic nitrogens is 2. The predicted molar refractivity (Wildman–Crippen MR) is 71.5 cm³/mol. The van der Waals surface area contributed by atoms with Gasteiger partial charge < -0.3 is 15.1 Å². The van der Waals surface area contributed by atoms with Crippen LogP contribution in [0.15, 0.2) is 24.3 Å². The maximum Gasteiger partial charge on any atom is 0.374 e. The van der Waals surface area contributed by atoms with Crippen LogP contribution in [0, 0.1) is 0 Å². The quantitative estimate of drug-likeness (QED) is 0.839. The molecule has 0 radical (unpaired) electrons. The van der Waals surface area contributed by atoms with E-state index in [1.807, 2.05) is 24.1 Å². The van der Waals surface area contributed by atoms with Crippen molar-refractivity contribution in [2.45, 2.75) is 6.42 Å². The number of nitrogens with zero attached hydrogens (tertiary/aromatic N) is 3. The van der Waals surface area contributed by atoms with Gasteiger partial charge in [-0.3, -0.25) is 0 Å². The van der Waals surface area contributed by atoms with Gasteiger partial charge in [-0.1, -0.05) is 12.1 Å². The molecule has 1 aromatic heterocycles. The minimum atomic E-state index is -1.15. The molecule has 0 saturated heterocycles. The molecule has 0 aliphatic rings. The third kappa shape index (κ3) is 2.79. The molecule has 1 heterocycles. The number of aliphatic hydroxyl groups excluding tert-OH is 1. The van der Waals surface area contributed by atoms with E-state index in [4.69, 9.17) is 10.2 Å². The summed E-state index contributed by atoms with van der Waals surface area (Å²) in [6.07, 6.45) is 0.594. The van der Waals surface area contributed by atoms with Crippen molar-refractivity contribution in [1.29, 1.82) is 0 Å². The van der Waals surface area contributed by atoms with Crippen molar-refractivity contribution in [2.24, 2.45) is 0 Å². The smallest absolute Gasteiger partial charge is 0.374 e. The van der Waals surface area contributed by atoms with Crippen LogP contribution in [0.1, 0.15) is 17.0 Å². The van der Waals surface area contributed by atoms with Gasteiger partial charge in [0.25, 0.3) is 0 Å². The van der Waals surface area contributed by atoms with Crippen LogP contribution in [-0.2, 0) is 0 Å². The summed E-state index contributed by atoms with van der Waals surface area (Å²) in [5.41, 5.74) is 0.598. The minimum absolute atomic E-state index is 0.0825. The molecule has 6 heteroatoms. The van der Waals surface area contributed by atoms with Gasteiger partial charge in [0, 0.05) is 25.6 Å². The van der Waals surface area contributed by atoms with E-state index in [1.54, 1.807) is 12.1 Å². The number of hydrogen-bond donors (Lipinski definition) is 2. The second-order valence-electron chi connectivity index (χ2n) is 4.19. The second kappa shape index (κ2) is 5.62. The summed E-state index contributed by atoms with van der Waals surface area (Å²) < 4.78 is 0. The van der Waals surface area contributed by atoms with Crippen molar-refractivity contribution in [3.8, 4) is 0 Å². The Morgan fingerprint density at radius 3 is 2.74 bits per heavy atom. The topological polar surface area (TPSA) is 86.5 Å². The maximum atomic E-state index is 11.0. The zero-order chi connectivity index (χ0) is 13.8. The van der Waals surface area contributed by atoms with Gasteiger partial charge in [-0.05, 0) is 18.6 Å². The predicted octanol–water partition coefficient (Wildman–Crippen LogP) is 1.15. The lowest BCUT2D eigenvalue weighted by Crippen LogP contribution is -2.22. The fourth-order valence-electron chi connectivity index (χ4n) is 1.86. The first-order valence-corrected chi connectivity index (χ1v) is 5.95. The Bertz CT molecular complexity index is 601. The van der Waals surface area contributed by atoms with Crippen molar-refractivity contribution in [1.82, 2.24) is 9.97 Å². The van der Waals surface area contributed by atoms with Gasteiger partial charge in [0.05, 0.1) is 5.52 Å². The lowest BCUT2D eigenvalue weighted by molar-refractivity contribution is 0.0684. The van der Waals surface area contributed by atoms with Crippen molar-refractivity contribution in [2.75, 3.05) is 25.1 Å². The van der Waals surface area contributed by atoms with E-state index in [-0.39, 0.29) is 12.4 Å². The van der Waals surface area contributed by atoms with E-state index in [2.05, 4.69) is 9.97 Å². The van der Waals surface area contributed by atoms with E-state index in [0.717, 1.165) is 5.39 Å². The molecular weight excluding hydrogens is 246 g/mol. The zero-order valence-electron chi connectivity index (χ0n) is 10.6. The molecule has 0 amide bonds. The summed E-state index contributed by atoms with van der Waals surface area (Å²) in [4.78, 5) is 21.0. The number of fused-ring (bicyclic) bond motifs is 1. The highest BCUT2D eigenvalue weighted by atomic mass is 16.4. The summed E-state index contributed by atoms with van der Waals surface area (Å²) in [7, 11) is 1.82. The number of carboxylic acid groups (broad SMARTS) is 1. The van der Waals surface area contributed by atoms with Gasteiger partial charge in [-0.15, -0.1) is 0 Å². The third-order valence-corrected chi connectivity index (χ3v) is 2.79. The van der Waals surface area contributed by atoms with Crippen LogP contribution in [0.4, 0.5) is 5.82 Å². The van der Waals surface area contributed by atoms with Crippen molar-refractivity contribution >= 4 is 22.7 Å². The van der Waals surface area contributed by atoms with Gasteiger partial charge in [0.15, 0.2) is 0 Å². The number of rotatable bonds is 5. The van der Waals surface area contributed by atoms with Gasteiger partial charge >= 0.3 is 5.97 Å². The first-order valence-electron chi connectivity index (χ1n) is 5.95. The molecule has 0 fully saturated rings. The van der Waals surface area contributed by atoms with Crippen LogP contribution in [0.2, 0.25) is 0 Å². The lowest BCUT2D eigenvalue weighted by Gasteiger charge is -2.19. The standard InChI is InChI=1S/C13H15N3O3/c1-16(7-4-8-17)12-9-5-2-3-6-10(9)14-11(15-12)13(18)19/h2-3,5-6,17H,4,7-8H2,1H3,(H,18,19). The molecule has 0 spiro atoms. The molecule has 19 heavy (non-hydrogen) atoms. The van der Waals surface area contributed by atoms with E-state index in [9.17, 15) is 4.79 Å². The van der Waals surface area contributed by atoms with Crippen LogP contribution in [-0.4, -0.2) is 46.3 Å². The van der Waals surface area contributed by atoms with Crippen LogP contribution in [0.3, 0.4) is 0 Å². The van der Waals surface area contributed by atoms with Gasteiger partial charge in [-0.2, -0.15) is 0 Å². The maximum absolute atomic E-state index is 11.0. The summed E-state index contributed by atoms with van der Waals surface area (Å²) in [5, 5.41) is 18.7. The van der Waals surface area contributed by atoms with E-state index < -0.39 is 5.97 Å². The molecule has 0 saturated carbocycles. The van der Waals surface area contributed by atoms with Crippen LogP contribution in [0.25, 0.3) is 10.9 Å². The summed E-state index contributed by atoms with van der Waals surface area (Å²) in [5.74, 6) is -0.802. The molecule has 0 bridgehead atoms. The summed E-state index contributed by atoms with van der Waals surface area (Å²) in [6, 6.07) is 7.27. The Labute approximate surface area is 110 Å². The molecule has 0 atom stereocenters. The Balaban J connectivity index is 2.53. The Morgan fingerprint density at radius 1 is 1.32 bits per heavy atom. The highest BCUT2D eigenvalue weighted by Gasteiger charge is 2.14. The number of aromatic carboxylic acids is 1. The number of hydrogen-bond acceptors (Lipinski definition) is 5. The highest BCUT2D eigenvalue weighted by molar-refractivity contribution is 5.93. The number of aliphatic hydroxyl groups is 1. The fraction of sp³-hybridized carbons (Fsp3) is 0.308. The number of anilines is 1. The largest absolute Gasteiger partial charge is 0.475 e. The van der Waals surface area contributed by atoms with E-state index in [1.165, 1.54) is 0 Å². The van der Waals surface area contributed by atoms with Gasteiger partial charge in [0.2, 0.25) is 5.82 Å². The van der Waals surface area contributed by atoms with Gasteiger partial charge in [0.1, 0.15) is 5.82 Å². The third-order valence-electron chi connectivity index (χ3n) is 2.79. The number of para-hydroxylation sites is 1. The second-order valence-corrected chi connectivity index (χ2v) is 4.19. The van der Waals surface area contributed by atoms with Crippen molar-refractivity contribution in [3.63, 3.8) is 0 Å². The lowest BCUT2D eigenvalue weighted by atomic mass is 10.2. The Morgan fingerprint density at radius 2 is 2.05 bits per heavy atom. The normalized spacial score (nSPS) is 10.6. The summed E-state index contributed by atoms with van der Waals surface area (Å²) >= 11 is 0. The molecule has 100 valence electrons. The van der Waals surface area contributed by atoms with Crippen molar-refractivity contribution < 1.29 is 15.0 Å². The molecule has 2 N–H and O–H groups in total. The van der Waals surface area contributed by atoms with Crippen molar-refractivity contribution in [3.05, 3.63) is 30.1 Å². The van der Waals surface area contributed by atoms with E-state index in [0.29, 0.717) is 24.3 Å². The Hall–Kier alpha value is -2.21. The molecule has 0 aliphatic heterocycles. The summed E-state index contributed by atoms with van der Waals surface area (Å²) in [6.45, 7) is 0.676. The molecule has 0 unspecified atom stereocenters. The average Bonchev–Trinajstić information content (AvgIpc) is 2.43. The fourth-order valence-corrected chi connectivity index (χ4v) is 1.86. The first kappa shape index (κ1) is 13.2. The Kier molecular flexibility index (Phi) is 3.91. The SMILES string of the molecule is CN(CCCO)c1nc(C(=O)O)nc2ccccc12. The number of benzene rings is 1. The first-order chi connectivity index (χ1) is 9.13. The molecule has 2 aromatic rings. The monoisotopic (exact) mass is 261 g/mol. The van der Waals surface area contributed by atoms with Gasteiger partial charge in [-0.25, -0.2) is 14.8 Å². The van der Waals surface area contributed by atoms with Crippen LogP contribution in [0.5, 0.6) is 0 Å². The molecule has 2 rings (SSSR count). The molecule has 6 nitrogen and oxygen atoms in total. The van der Waals surface area contributed by atoms with Crippen LogP contribution >= 0.6 is 0 Å². The average molecular weight is 261 g/mol. The number of carbonyl (C=O) groups is 1. The molecule has 0 aliphatic carbocycles. The highest BCUT2D eigenvalue weighted by Crippen LogP contribution is 2.23. The molecule has 1 aromatic carbocycles.